The van der Waals surface area contributed by atoms with E-state index in [0.717, 1.165) is 12.3 Å². The van der Waals surface area contributed by atoms with Crippen molar-refractivity contribution < 1.29 is 4.74 Å². The fraction of sp³-hybridized carbons (Fsp3) is 0.625. The van der Waals surface area contributed by atoms with Gasteiger partial charge < -0.3 is 10.1 Å². The summed E-state index contributed by atoms with van der Waals surface area (Å²) < 4.78 is 5.30. The predicted octanol–water partition coefficient (Wildman–Crippen LogP) is 2.83. The van der Waals surface area contributed by atoms with Crippen molar-refractivity contribution in [3.05, 3.63) is 29.8 Å². The molecule has 0 amide bonds. The van der Waals surface area contributed by atoms with Gasteiger partial charge in [-0.05, 0) is 51.1 Å². The molecule has 1 aromatic rings. The number of hydrogen-bond acceptors (Lipinski definition) is 3. The highest BCUT2D eigenvalue weighted by Crippen LogP contribution is 2.23. The van der Waals surface area contributed by atoms with Crippen molar-refractivity contribution in [3.63, 3.8) is 0 Å². The van der Waals surface area contributed by atoms with Gasteiger partial charge in [-0.25, -0.2) is 0 Å². The number of nitrogens with zero attached hydrogens (tertiary/aromatic N) is 1. The highest BCUT2D eigenvalue weighted by molar-refractivity contribution is 5.30. The smallest absolute Gasteiger partial charge is 0.119 e. The molecule has 1 aliphatic rings. The van der Waals surface area contributed by atoms with Crippen LogP contribution in [0.2, 0.25) is 0 Å². The molecule has 2 atom stereocenters. The zero-order valence-corrected chi connectivity index (χ0v) is 12.4. The fourth-order valence-corrected chi connectivity index (χ4v) is 2.74. The topological polar surface area (TPSA) is 24.5 Å². The summed E-state index contributed by atoms with van der Waals surface area (Å²) in [6, 6.07) is 9.44. The molecule has 1 N–H and O–H groups in total. The van der Waals surface area contributed by atoms with Crippen molar-refractivity contribution in [2.75, 3.05) is 27.2 Å². The first kappa shape index (κ1) is 14.4. The molecule has 0 saturated carbocycles. The maximum absolute atomic E-state index is 5.30. The molecule has 1 saturated heterocycles. The van der Waals surface area contributed by atoms with Gasteiger partial charge in [-0.15, -0.1) is 0 Å². The van der Waals surface area contributed by atoms with E-state index < -0.39 is 0 Å². The lowest BCUT2D eigenvalue weighted by atomic mass is 10.0. The zero-order chi connectivity index (χ0) is 13.7. The predicted molar refractivity (Wildman–Crippen MR) is 79.7 cm³/mol. The summed E-state index contributed by atoms with van der Waals surface area (Å²) in [4.78, 5) is 2.43. The van der Waals surface area contributed by atoms with Crippen LogP contribution in [-0.4, -0.2) is 38.2 Å². The number of rotatable bonds is 5. The van der Waals surface area contributed by atoms with Crippen LogP contribution in [0.25, 0.3) is 0 Å². The third kappa shape index (κ3) is 3.95. The van der Waals surface area contributed by atoms with E-state index in [1.54, 1.807) is 7.11 Å². The van der Waals surface area contributed by atoms with Crippen molar-refractivity contribution in [2.45, 2.75) is 38.3 Å². The molecule has 0 radical (unpaired) electrons. The zero-order valence-electron chi connectivity index (χ0n) is 12.4. The van der Waals surface area contributed by atoms with Crippen molar-refractivity contribution in [3.8, 4) is 5.75 Å². The van der Waals surface area contributed by atoms with E-state index in [-0.39, 0.29) is 0 Å². The largest absolute Gasteiger partial charge is 0.497 e. The third-order valence-corrected chi connectivity index (χ3v) is 4.16. The van der Waals surface area contributed by atoms with Gasteiger partial charge in [0.1, 0.15) is 5.75 Å². The monoisotopic (exact) mass is 262 g/mol. The lowest BCUT2D eigenvalue weighted by Crippen LogP contribution is -2.43. The van der Waals surface area contributed by atoms with Crippen LogP contribution in [0.3, 0.4) is 0 Å². The van der Waals surface area contributed by atoms with Crippen molar-refractivity contribution in [1.29, 1.82) is 0 Å². The summed E-state index contributed by atoms with van der Waals surface area (Å²) >= 11 is 0. The number of hydrogen-bond donors (Lipinski definition) is 1. The molecule has 1 heterocycles. The molecule has 3 nitrogen and oxygen atoms in total. The average Bonchev–Trinajstić information content (AvgIpc) is 2.47. The Bertz CT molecular complexity index is 388. The van der Waals surface area contributed by atoms with Crippen LogP contribution >= 0.6 is 0 Å². The summed E-state index contributed by atoms with van der Waals surface area (Å²) in [5.41, 5.74) is 1.32. The van der Waals surface area contributed by atoms with E-state index in [0.29, 0.717) is 12.1 Å². The van der Waals surface area contributed by atoms with E-state index in [1.807, 2.05) is 6.07 Å². The van der Waals surface area contributed by atoms with Gasteiger partial charge in [0.25, 0.3) is 0 Å². The molecule has 0 bridgehead atoms. The molecular formula is C16H26N2O. The Morgan fingerprint density at radius 1 is 1.42 bits per heavy atom. The molecule has 1 aromatic carbocycles. The number of likely N-dealkylation sites (N-methyl/N-ethyl adjacent to an activating group) is 1. The number of methoxy groups -OCH3 is 1. The van der Waals surface area contributed by atoms with E-state index in [4.69, 9.17) is 4.74 Å². The Morgan fingerprint density at radius 2 is 2.26 bits per heavy atom. The van der Waals surface area contributed by atoms with Gasteiger partial charge in [-0.3, -0.25) is 4.90 Å². The molecule has 0 aromatic heterocycles. The lowest BCUT2D eigenvalue weighted by molar-refractivity contribution is 0.214. The van der Waals surface area contributed by atoms with Gasteiger partial charge in [-0.1, -0.05) is 18.6 Å². The van der Waals surface area contributed by atoms with Gasteiger partial charge in [0.15, 0.2) is 0 Å². The molecule has 106 valence electrons. The maximum Gasteiger partial charge on any atom is 0.119 e. The minimum Gasteiger partial charge on any atom is -0.497 e. The van der Waals surface area contributed by atoms with Crippen LogP contribution in [0.15, 0.2) is 24.3 Å². The molecule has 0 aliphatic carbocycles. The molecular weight excluding hydrogens is 236 g/mol. The van der Waals surface area contributed by atoms with E-state index in [9.17, 15) is 0 Å². The van der Waals surface area contributed by atoms with Crippen LogP contribution in [0, 0.1) is 0 Å². The highest BCUT2D eigenvalue weighted by atomic mass is 16.5. The molecule has 2 rings (SSSR count). The van der Waals surface area contributed by atoms with Gasteiger partial charge in [0.2, 0.25) is 0 Å². The summed E-state index contributed by atoms with van der Waals surface area (Å²) in [5, 5.41) is 3.61. The van der Waals surface area contributed by atoms with Crippen LogP contribution in [0.5, 0.6) is 5.75 Å². The number of benzene rings is 1. The molecule has 1 fully saturated rings. The van der Waals surface area contributed by atoms with Gasteiger partial charge in [-0.2, -0.15) is 0 Å². The number of nitrogens with one attached hydrogen (secondary N) is 1. The Kier molecular flexibility index (Phi) is 5.23. The van der Waals surface area contributed by atoms with Crippen LogP contribution in [-0.2, 0) is 0 Å². The average molecular weight is 262 g/mol. The van der Waals surface area contributed by atoms with E-state index in [2.05, 4.69) is 42.4 Å². The Morgan fingerprint density at radius 3 is 2.95 bits per heavy atom. The molecule has 2 unspecified atom stereocenters. The Labute approximate surface area is 116 Å². The van der Waals surface area contributed by atoms with Crippen molar-refractivity contribution in [1.82, 2.24) is 10.2 Å². The molecule has 3 heteroatoms. The summed E-state index contributed by atoms with van der Waals surface area (Å²) in [5.74, 6) is 0.938. The number of ether oxygens (including phenoxy) is 1. The minimum atomic E-state index is 0.416. The van der Waals surface area contributed by atoms with Crippen LogP contribution in [0.4, 0.5) is 0 Å². The quantitative estimate of drug-likeness (QED) is 0.883. The molecule has 19 heavy (non-hydrogen) atoms. The highest BCUT2D eigenvalue weighted by Gasteiger charge is 2.18. The number of piperidine rings is 1. The second-order valence-corrected chi connectivity index (χ2v) is 5.54. The first-order chi connectivity index (χ1) is 9.20. The van der Waals surface area contributed by atoms with E-state index in [1.165, 1.54) is 31.4 Å². The molecule has 0 spiro atoms. The summed E-state index contributed by atoms with van der Waals surface area (Å²) in [6.07, 6.45) is 3.99. The van der Waals surface area contributed by atoms with Crippen molar-refractivity contribution >= 4 is 0 Å². The summed E-state index contributed by atoms with van der Waals surface area (Å²) in [6.45, 7) is 4.54. The van der Waals surface area contributed by atoms with Gasteiger partial charge in [0, 0.05) is 18.6 Å². The van der Waals surface area contributed by atoms with E-state index >= 15 is 0 Å². The summed E-state index contributed by atoms with van der Waals surface area (Å²) in [7, 11) is 3.93. The first-order valence-corrected chi connectivity index (χ1v) is 7.28. The maximum atomic E-state index is 5.30. The second-order valence-electron chi connectivity index (χ2n) is 5.54. The Balaban J connectivity index is 1.95. The lowest BCUT2D eigenvalue weighted by Gasteiger charge is -2.32. The van der Waals surface area contributed by atoms with Crippen LogP contribution in [0.1, 0.15) is 37.8 Å². The SMILES string of the molecule is COc1cccc(C(C)N(C)CC2CCCCN2)c1. The first-order valence-electron chi connectivity index (χ1n) is 7.28. The minimum absolute atomic E-state index is 0.416. The third-order valence-electron chi connectivity index (χ3n) is 4.16. The van der Waals surface area contributed by atoms with Crippen molar-refractivity contribution in [2.24, 2.45) is 0 Å². The standard InChI is InChI=1S/C16H26N2O/c1-13(14-7-6-9-16(11-14)19-3)18(2)12-15-8-4-5-10-17-15/h6-7,9,11,13,15,17H,4-5,8,10,12H2,1-3H3. The second kappa shape index (κ2) is 6.92. The fourth-order valence-electron chi connectivity index (χ4n) is 2.74. The normalized spacial score (nSPS) is 21.4. The molecule has 1 aliphatic heterocycles. The van der Waals surface area contributed by atoms with Gasteiger partial charge in [0.05, 0.1) is 7.11 Å². The Hall–Kier alpha value is -1.06. The van der Waals surface area contributed by atoms with Gasteiger partial charge >= 0.3 is 0 Å². The van der Waals surface area contributed by atoms with Crippen LogP contribution < -0.4 is 10.1 Å².